The van der Waals surface area contributed by atoms with Crippen LogP contribution in [0.15, 0.2) is 41.2 Å². The third-order valence-electron chi connectivity index (χ3n) is 4.93. The number of carbonyl (C=O) groups excluding carboxylic acids is 2. The van der Waals surface area contributed by atoms with E-state index in [1.165, 1.54) is 25.2 Å². The first-order valence-corrected chi connectivity index (χ1v) is 10.4. The molecule has 0 spiro atoms. The Morgan fingerprint density at radius 2 is 1.85 bits per heavy atom. The van der Waals surface area contributed by atoms with Crippen molar-refractivity contribution in [2.75, 3.05) is 11.9 Å². The van der Waals surface area contributed by atoms with Gasteiger partial charge in [0.15, 0.2) is 0 Å². The average Bonchev–Trinajstić information content (AvgIpc) is 2.78. The van der Waals surface area contributed by atoms with Crippen LogP contribution in [-0.2, 0) is 11.8 Å². The zero-order valence-electron chi connectivity index (χ0n) is 19.2. The van der Waals surface area contributed by atoms with Crippen molar-refractivity contribution in [1.82, 2.24) is 15.1 Å². The quantitative estimate of drug-likeness (QED) is 0.547. The number of aryl methyl sites for hydroxylation is 3. The number of rotatable bonds is 6. The van der Waals surface area contributed by atoms with Crippen molar-refractivity contribution in [3.63, 3.8) is 0 Å². The van der Waals surface area contributed by atoms with Gasteiger partial charge in [-0.05, 0) is 74.2 Å². The van der Waals surface area contributed by atoms with Crippen LogP contribution in [0.25, 0.3) is 11.3 Å². The van der Waals surface area contributed by atoms with Gasteiger partial charge in [-0.2, -0.15) is 5.10 Å². The summed E-state index contributed by atoms with van der Waals surface area (Å²) in [6.07, 6.45) is 5.15. The molecular weight excluding hydrogens is 439 g/mol. The monoisotopic (exact) mass is 462 g/mol. The Morgan fingerprint density at radius 1 is 1.18 bits per heavy atom. The molecule has 2 N–H and O–H groups in total. The maximum absolute atomic E-state index is 13.8. The topological polar surface area (TPSA) is 102 Å². The van der Waals surface area contributed by atoms with Gasteiger partial charge >= 0.3 is 0 Å². The van der Waals surface area contributed by atoms with E-state index >= 15 is 0 Å². The zero-order valence-corrected chi connectivity index (χ0v) is 19.2. The molecule has 1 heterocycles. The Kier molecular flexibility index (Phi) is 7.12. The highest BCUT2D eigenvalue weighted by Gasteiger charge is 2.19. The van der Waals surface area contributed by atoms with Crippen molar-refractivity contribution >= 4 is 17.5 Å². The first-order valence-electron chi connectivity index (χ1n) is 10.4. The minimum absolute atomic E-state index is 0.104. The van der Waals surface area contributed by atoms with Gasteiger partial charge < -0.3 is 15.4 Å². The molecule has 0 atom stereocenters. The Balaban J connectivity index is 2.21. The molecule has 174 valence electrons. The Morgan fingerprint density at radius 3 is 2.47 bits per heavy atom. The molecule has 0 unspecified atom stereocenters. The van der Waals surface area contributed by atoms with E-state index in [1.807, 2.05) is 5.92 Å². The van der Waals surface area contributed by atoms with Crippen molar-refractivity contribution in [3.05, 3.63) is 69.3 Å². The fraction of sp³-hybridized carbons (Fsp3) is 0.200. The van der Waals surface area contributed by atoms with Crippen molar-refractivity contribution in [2.24, 2.45) is 7.05 Å². The summed E-state index contributed by atoms with van der Waals surface area (Å²) in [5, 5.41) is 9.43. The summed E-state index contributed by atoms with van der Waals surface area (Å²) in [6, 6.07) is 8.78. The van der Waals surface area contributed by atoms with E-state index in [0.717, 1.165) is 4.68 Å². The van der Waals surface area contributed by atoms with Crippen LogP contribution in [-0.4, -0.2) is 28.1 Å². The standard InChI is InChI=1S/C25H23FN4O4/c1-6-22(31)28-17-8-9-21(34-23-14(3)10-16(26)11-15(23)4)18(12-17)20-13-19(24(32)27-7-2)25(33)30(5)29-20/h1,8-13H,7H2,2-5H3,(H,27,32)(H,28,31). The number of aromatic nitrogens is 2. The molecule has 0 saturated carbocycles. The third-order valence-corrected chi connectivity index (χ3v) is 4.93. The number of carbonyl (C=O) groups is 2. The Hall–Kier alpha value is -4.45. The minimum Gasteiger partial charge on any atom is -0.456 e. The van der Waals surface area contributed by atoms with Crippen LogP contribution < -0.4 is 20.9 Å². The highest BCUT2D eigenvalue weighted by atomic mass is 19.1. The lowest BCUT2D eigenvalue weighted by Gasteiger charge is -2.17. The van der Waals surface area contributed by atoms with Crippen LogP contribution in [0.1, 0.15) is 28.4 Å². The van der Waals surface area contributed by atoms with Gasteiger partial charge in [-0.25, -0.2) is 9.07 Å². The molecule has 0 radical (unpaired) electrons. The van der Waals surface area contributed by atoms with Gasteiger partial charge in [0.25, 0.3) is 17.4 Å². The number of halogens is 1. The lowest BCUT2D eigenvalue weighted by Crippen LogP contribution is -2.33. The molecule has 2 amide bonds. The van der Waals surface area contributed by atoms with E-state index in [4.69, 9.17) is 11.2 Å². The van der Waals surface area contributed by atoms with Crippen LogP contribution in [0.2, 0.25) is 0 Å². The predicted molar refractivity (Wildman–Crippen MR) is 126 cm³/mol. The number of amides is 2. The summed E-state index contributed by atoms with van der Waals surface area (Å²) in [4.78, 5) is 36.7. The van der Waals surface area contributed by atoms with E-state index in [0.29, 0.717) is 40.4 Å². The molecule has 0 bridgehead atoms. The van der Waals surface area contributed by atoms with Crippen molar-refractivity contribution < 1.29 is 18.7 Å². The predicted octanol–water partition coefficient (Wildman–Crippen LogP) is 3.32. The number of terminal acetylenes is 1. The van der Waals surface area contributed by atoms with Crippen LogP contribution in [0.3, 0.4) is 0 Å². The van der Waals surface area contributed by atoms with E-state index in [1.54, 1.807) is 39.0 Å². The van der Waals surface area contributed by atoms with Crippen LogP contribution in [0.4, 0.5) is 10.1 Å². The molecule has 0 aliphatic rings. The van der Waals surface area contributed by atoms with Gasteiger partial charge in [-0.15, -0.1) is 6.42 Å². The van der Waals surface area contributed by atoms with Crippen LogP contribution in [0, 0.1) is 32.0 Å². The zero-order chi connectivity index (χ0) is 25.0. The number of anilines is 1. The smallest absolute Gasteiger partial charge is 0.300 e. The minimum atomic E-state index is -0.652. The second-order valence-corrected chi connectivity index (χ2v) is 7.51. The van der Waals surface area contributed by atoms with Crippen molar-refractivity contribution in [1.29, 1.82) is 0 Å². The highest BCUT2D eigenvalue weighted by molar-refractivity contribution is 6.04. The number of benzene rings is 2. The van der Waals surface area contributed by atoms with Gasteiger partial charge in [-0.1, -0.05) is 0 Å². The summed E-state index contributed by atoms with van der Waals surface area (Å²) < 4.78 is 21.0. The molecule has 3 aromatic rings. The lowest BCUT2D eigenvalue weighted by atomic mass is 10.1. The van der Waals surface area contributed by atoms with Gasteiger partial charge in [0.05, 0.1) is 5.69 Å². The first kappa shape index (κ1) is 24.2. The molecule has 0 aliphatic carbocycles. The molecule has 9 heteroatoms. The molecule has 1 aromatic heterocycles. The molecule has 0 fully saturated rings. The summed E-state index contributed by atoms with van der Waals surface area (Å²) in [5.74, 6) is 1.14. The molecule has 2 aromatic carbocycles. The third kappa shape index (κ3) is 5.13. The van der Waals surface area contributed by atoms with Crippen molar-refractivity contribution in [3.8, 4) is 35.1 Å². The Labute approximate surface area is 195 Å². The molecular formula is C25H23FN4O4. The van der Waals surface area contributed by atoms with E-state index in [2.05, 4.69) is 15.7 Å². The molecule has 3 rings (SSSR count). The maximum Gasteiger partial charge on any atom is 0.300 e. The summed E-state index contributed by atoms with van der Waals surface area (Å²) in [7, 11) is 1.42. The second kappa shape index (κ2) is 10.0. The molecule has 8 nitrogen and oxygen atoms in total. The second-order valence-electron chi connectivity index (χ2n) is 7.51. The highest BCUT2D eigenvalue weighted by Crippen LogP contribution is 2.37. The van der Waals surface area contributed by atoms with Crippen molar-refractivity contribution in [2.45, 2.75) is 20.8 Å². The number of hydrogen-bond donors (Lipinski definition) is 2. The maximum atomic E-state index is 13.8. The summed E-state index contributed by atoms with van der Waals surface area (Å²) in [6.45, 7) is 5.50. The largest absolute Gasteiger partial charge is 0.456 e. The van der Waals surface area contributed by atoms with Crippen LogP contribution in [0.5, 0.6) is 11.5 Å². The molecule has 0 aliphatic heterocycles. The van der Waals surface area contributed by atoms with E-state index < -0.39 is 17.4 Å². The average molecular weight is 462 g/mol. The fourth-order valence-corrected chi connectivity index (χ4v) is 3.39. The number of nitrogens with zero attached hydrogens (tertiary/aromatic N) is 2. The number of ether oxygens (including phenoxy) is 1. The van der Waals surface area contributed by atoms with E-state index in [-0.39, 0.29) is 17.1 Å². The van der Waals surface area contributed by atoms with Gasteiger partial charge in [0.2, 0.25) is 0 Å². The van der Waals surface area contributed by atoms with Gasteiger partial charge in [0, 0.05) is 24.8 Å². The van der Waals surface area contributed by atoms with Gasteiger partial charge in [-0.3, -0.25) is 14.4 Å². The molecule has 34 heavy (non-hydrogen) atoms. The Bertz CT molecular complexity index is 1370. The fourth-order valence-electron chi connectivity index (χ4n) is 3.39. The van der Waals surface area contributed by atoms with Crippen LogP contribution >= 0.6 is 0 Å². The van der Waals surface area contributed by atoms with E-state index in [9.17, 15) is 18.8 Å². The summed E-state index contributed by atoms with van der Waals surface area (Å²) >= 11 is 0. The number of hydrogen-bond acceptors (Lipinski definition) is 5. The number of nitrogens with one attached hydrogen (secondary N) is 2. The normalized spacial score (nSPS) is 10.4. The summed E-state index contributed by atoms with van der Waals surface area (Å²) in [5.41, 5.74) is 1.45. The van der Waals surface area contributed by atoms with Gasteiger partial charge in [0.1, 0.15) is 22.9 Å². The SMILES string of the molecule is C#CC(=O)Nc1ccc(Oc2c(C)cc(F)cc2C)c(-c2cc(C(=O)NCC)c(=O)n(C)n2)c1. The first-order chi connectivity index (χ1) is 16.1. The lowest BCUT2D eigenvalue weighted by molar-refractivity contribution is -0.111. The molecule has 0 saturated heterocycles.